The molecule has 0 amide bonds. The van der Waals surface area contributed by atoms with Crippen molar-refractivity contribution < 1.29 is 9.15 Å². The fourth-order valence-corrected chi connectivity index (χ4v) is 2.57. The Morgan fingerprint density at radius 3 is 2.90 bits per heavy atom. The number of hydrogen-bond donors (Lipinski definition) is 2. The van der Waals surface area contributed by atoms with E-state index in [0.29, 0.717) is 18.7 Å². The molecule has 2 atom stereocenters. The maximum Gasteiger partial charge on any atom is 0.191 e. The number of ether oxygens (including phenoxy) is 1. The lowest BCUT2D eigenvalue weighted by molar-refractivity contribution is -0.0922. The Hall–Kier alpha value is -1.49. The van der Waals surface area contributed by atoms with Crippen LogP contribution in [0.1, 0.15) is 33.0 Å². The van der Waals surface area contributed by atoms with Gasteiger partial charge in [-0.3, -0.25) is 0 Å². The minimum absolute atomic E-state index is 0.121. The first-order valence-corrected chi connectivity index (χ1v) is 7.18. The van der Waals surface area contributed by atoms with Gasteiger partial charge in [-0.25, -0.2) is 4.99 Å². The summed E-state index contributed by atoms with van der Waals surface area (Å²) in [7, 11) is 1.78. The topological polar surface area (TPSA) is 58.8 Å². The molecule has 5 heteroatoms. The zero-order valence-electron chi connectivity index (χ0n) is 12.8. The van der Waals surface area contributed by atoms with Crippen LogP contribution < -0.4 is 10.6 Å². The molecule has 1 aromatic heterocycles. The van der Waals surface area contributed by atoms with Gasteiger partial charge in [0.2, 0.25) is 0 Å². The van der Waals surface area contributed by atoms with Crippen LogP contribution >= 0.6 is 0 Å². The van der Waals surface area contributed by atoms with E-state index in [2.05, 4.69) is 36.4 Å². The minimum Gasteiger partial charge on any atom is -0.467 e. The van der Waals surface area contributed by atoms with Crippen molar-refractivity contribution in [2.45, 2.75) is 45.9 Å². The van der Waals surface area contributed by atoms with Gasteiger partial charge in [-0.15, -0.1) is 0 Å². The largest absolute Gasteiger partial charge is 0.467 e. The Bertz CT molecular complexity index is 440. The summed E-state index contributed by atoms with van der Waals surface area (Å²) in [6.45, 7) is 7.89. The van der Waals surface area contributed by atoms with Crippen LogP contribution in [0, 0.1) is 5.41 Å². The molecular formula is C15H25N3O2. The van der Waals surface area contributed by atoms with Gasteiger partial charge in [0.05, 0.1) is 12.4 Å². The summed E-state index contributed by atoms with van der Waals surface area (Å²) in [5.74, 6) is 1.70. The van der Waals surface area contributed by atoms with E-state index in [1.165, 1.54) is 0 Å². The maximum atomic E-state index is 5.48. The minimum atomic E-state index is 0.121. The van der Waals surface area contributed by atoms with Crippen molar-refractivity contribution in [3.8, 4) is 0 Å². The lowest BCUT2D eigenvalue weighted by atomic mass is 9.64. The van der Waals surface area contributed by atoms with Gasteiger partial charge < -0.3 is 19.8 Å². The van der Waals surface area contributed by atoms with Crippen LogP contribution in [0.25, 0.3) is 0 Å². The molecule has 0 radical (unpaired) electrons. The summed E-state index contributed by atoms with van der Waals surface area (Å²) in [4.78, 5) is 4.55. The molecule has 0 bridgehead atoms. The molecule has 0 aliphatic heterocycles. The average molecular weight is 279 g/mol. The van der Waals surface area contributed by atoms with Crippen LogP contribution in [0.4, 0.5) is 0 Å². The smallest absolute Gasteiger partial charge is 0.191 e. The van der Waals surface area contributed by atoms with Gasteiger partial charge in [0.1, 0.15) is 12.3 Å². The SMILES string of the molecule is CCNC(=NCc1ccco1)NC1CC(OC)C1(C)C. The fourth-order valence-electron chi connectivity index (χ4n) is 2.57. The Morgan fingerprint density at radius 1 is 1.55 bits per heavy atom. The van der Waals surface area contributed by atoms with Crippen LogP contribution in [0.3, 0.4) is 0 Å². The van der Waals surface area contributed by atoms with Crippen molar-refractivity contribution in [1.82, 2.24) is 10.6 Å². The van der Waals surface area contributed by atoms with Gasteiger partial charge in [0.25, 0.3) is 0 Å². The van der Waals surface area contributed by atoms with Gasteiger partial charge in [0, 0.05) is 25.1 Å². The van der Waals surface area contributed by atoms with E-state index >= 15 is 0 Å². The third-order valence-corrected chi connectivity index (χ3v) is 4.09. The summed E-state index contributed by atoms with van der Waals surface area (Å²) in [6, 6.07) is 4.19. The normalized spacial score (nSPS) is 25.1. The van der Waals surface area contributed by atoms with Gasteiger partial charge in [-0.2, -0.15) is 0 Å². The lowest BCUT2D eigenvalue weighted by Crippen LogP contribution is -2.63. The summed E-state index contributed by atoms with van der Waals surface area (Å²) < 4.78 is 10.8. The quantitative estimate of drug-likeness (QED) is 0.640. The molecule has 1 aliphatic carbocycles. The number of aliphatic imine (C=N–C) groups is 1. The van der Waals surface area contributed by atoms with E-state index in [1.807, 2.05) is 12.1 Å². The first-order chi connectivity index (χ1) is 9.57. The van der Waals surface area contributed by atoms with Crippen molar-refractivity contribution in [3.63, 3.8) is 0 Å². The predicted octanol–water partition coefficient (Wildman–Crippen LogP) is 2.15. The summed E-state index contributed by atoms with van der Waals surface area (Å²) >= 11 is 0. The van der Waals surface area contributed by atoms with E-state index in [9.17, 15) is 0 Å². The van der Waals surface area contributed by atoms with Crippen LogP contribution in [0.2, 0.25) is 0 Å². The number of methoxy groups -OCH3 is 1. The van der Waals surface area contributed by atoms with Crippen LogP contribution in [0.15, 0.2) is 27.8 Å². The van der Waals surface area contributed by atoms with Crippen LogP contribution in [-0.2, 0) is 11.3 Å². The van der Waals surface area contributed by atoms with Gasteiger partial charge in [0.15, 0.2) is 5.96 Å². The van der Waals surface area contributed by atoms with Crippen molar-refractivity contribution >= 4 is 5.96 Å². The molecule has 0 aromatic carbocycles. The fraction of sp³-hybridized carbons (Fsp3) is 0.667. The van der Waals surface area contributed by atoms with Crippen molar-refractivity contribution in [1.29, 1.82) is 0 Å². The second kappa shape index (κ2) is 6.31. The van der Waals surface area contributed by atoms with Crippen molar-refractivity contribution in [3.05, 3.63) is 24.2 Å². The molecule has 20 heavy (non-hydrogen) atoms. The first kappa shape index (κ1) is 14.9. The molecule has 112 valence electrons. The molecule has 1 aromatic rings. The molecule has 0 spiro atoms. The molecule has 5 nitrogen and oxygen atoms in total. The third kappa shape index (κ3) is 3.15. The Balaban J connectivity index is 1.94. The van der Waals surface area contributed by atoms with E-state index in [0.717, 1.165) is 24.7 Å². The van der Waals surface area contributed by atoms with Crippen LogP contribution in [0.5, 0.6) is 0 Å². The van der Waals surface area contributed by atoms with Gasteiger partial charge in [-0.1, -0.05) is 13.8 Å². The standard InChI is InChI=1S/C15H25N3O2/c1-5-16-14(17-10-11-7-6-8-20-11)18-12-9-13(19-4)15(12,2)3/h6-8,12-13H,5,9-10H2,1-4H3,(H2,16,17,18). The van der Waals surface area contributed by atoms with Crippen molar-refractivity contribution in [2.75, 3.05) is 13.7 Å². The number of nitrogens with zero attached hydrogens (tertiary/aromatic N) is 1. The Kier molecular flexibility index (Phi) is 4.70. The number of furan rings is 1. The molecule has 0 saturated heterocycles. The van der Waals surface area contributed by atoms with E-state index < -0.39 is 0 Å². The highest BCUT2D eigenvalue weighted by molar-refractivity contribution is 5.80. The molecule has 1 saturated carbocycles. The number of rotatable bonds is 5. The maximum absolute atomic E-state index is 5.48. The number of nitrogens with one attached hydrogen (secondary N) is 2. The van der Waals surface area contributed by atoms with Crippen LogP contribution in [-0.4, -0.2) is 31.8 Å². The number of hydrogen-bond acceptors (Lipinski definition) is 3. The van der Waals surface area contributed by atoms with E-state index in [-0.39, 0.29) is 5.41 Å². The molecule has 2 N–H and O–H groups in total. The Labute approximate surface area is 120 Å². The van der Waals surface area contributed by atoms with E-state index in [4.69, 9.17) is 9.15 Å². The second-order valence-corrected chi connectivity index (χ2v) is 5.75. The number of guanidine groups is 1. The Morgan fingerprint density at radius 2 is 2.35 bits per heavy atom. The summed E-state index contributed by atoms with van der Waals surface area (Å²) in [5.41, 5.74) is 0.121. The second-order valence-electron chi connectivity index (χ2n) is 5.75. The molecule has 2 rings (SSSR count). The highest BCUT2D eigenvalue weighted by Gasteiger charge is 2.48. The highest BCUT2D eigenvalue weighted by atomic mass is 16.5. The predicted molar refractivity (Wildman–Crippen MR) is 79.6 cm³/mol. The zero-order chi connectivity index (χ0) is 14.6. The van der Waals surface area contributed by atoms with Gasteiger partial charge in [-0.05, 0) is 25.5 Å². The molecular weight excluding hydrogens is 254 g/mol. The third-order valence-electron chi connectivity index (χ3n) is 4.09. The highest BCUT2D eigenvalue weighted by Crippen LogP contribution is 2.42. The first-order valence-electron chi connectivity index (χ1n) is 7.18. The van der Waals surface area contributed by atoms with E-state index in [1.54, 1.807) is 13.4 Å². The lowest BCUT2D eigenvalue weighted by Gasteiger charge is -2.51. The molecule has 1 heterocycles. The molecule has 1 fully saturated rings. The monoisotopic (exact) mass is 279 g/mol. The average Bonchev–Trinajstić information content (AvgIpc) is 2.93. The molecule has 2 unspecified atom stereocenters. The molecule has 1 aliphatic rings. The summed E-state index contributed by atoms with van der Waals surface area (Å²) in [6.07, 6.45) is 2.99. The van der Waals surface area contributed by atoms with Gasteiger partial charge >= 0.3 is 0 Å². The zero-order valence-corrected chi connectivity index (χ0v) is 12.8. The van der Waals surface area contributed by atoms with Crippen molar-refractivity contribution in [2.24, 2.45) is 10.4 Å². The summed E-state index contributed by atoms with van der Waals surface area (Å²) in [5, 5.41) is 6.76.